The van der Waals surface area contributed by atoms with E-state index in [1.54, 1.807) is 0 Å². The first-order valence-corrected chi connectivity index (χ1v) is 7.29. The second-order valence-electron chi connectivity index (χ2n) is 4.80. The number of fused-ring (bicyclic) bond motifs is 1. The number of rotatable bonds is 5. The molecule has 3 N–H and O–H groups in total. The van der Waals surface area contributed by atoms with E-state index in [2.05, 4.69) is 39.4 Å². The molecule has 1 atom stereocenters. The summed E-state index contributed by atoms with van der Waals surface area (Å²) in [6.45, 7) is 1.91. The fourth-order valence-electron chi connectivity index (χ4n) is 2.47. The number of nitrogens with two attached hydrogens (primary N) is 1. The number of halogens is 1. The summed E-state index contributed by atoms with van der Waals surface area (Å²) in [7, 11) is 0. The van der Waals surface area contributed by atoms with E-state index in [1.807, 2.05) is 0 Å². The van der Waals surface area contributed by atoms with Gasteiger partial charge in [-0.05, 0) is 68.5 Å². The van der Waals surface area contributed by atoms with Crippen LogP contribution < -0.4 is 11.1 Å². The van der Waals surface area contributed by atoms with Gasteiger partial charge in [0, 0.05) is 10.5 Å². The van der Waals surface area contributed by atoms with Crippen molar-refractivity contribution in [2.75, 3.05) is 13.1 Å². The molecule has 94 valence electrons. The maximum Gasteiger partial charge on any atom is 0.0178 e. The summed E-state index contributed by atoms with van der Waals surface area (Å²) in [4.78, 5) is 0. The topological polar surface area (TPSA) is 38.0 Å². The van der Waals surface area contributed by atoms with Gasteiger partial charge < -0.3 is 11.1 Å². The zero-order chi connectivity index (χ0) is 12.1. The number of hydrogen-bond donors (Lipinski definition) is 2. The van der Waals surface area contributed by atoms with Crippen molar-refractivity contribution in [1.29, 1.82) is 0 Å². The van der Waals surface area contributed by atoms with Crippen LogP contribution in [0, 0.1) is 0 Å². The molecule has 1 unspecified atom stereocenters. The summed E-state index contributed by atoms with van der Waals surface area (Å²) in [5.74, 6) is 0. The maximum atomic E-state index is 5.49. The number of benzene rings is 1. The van der Waals surface area contributed by atoms with Gasteiger partial charge in [0.15, 0.2) is 0 Å². The van der Waals surface area contributed by atoms with Gasteiger partial charge in [0.05, 0.1) is 0 Å². The second kappa shape index (κ2) is 6.53. The molecule has 0 saturated carbocycles. The molecule has 1 aliphatic carbocycles. The molecule has 0 fully saturated rings. The molecule has 1 aromatic carbocycles. The predicted molar refractivity (Wildman–Crippen MR) is 76.2 cm³/mol. The van der Waals surface area contributed by atoms with Crippen molar-refractivity contribution in [3.8, 4) is 0 Å². The van der Waals surface area contributed by atoms with Gasteiger partial charge in [-0.3, -0.25) is 0 Å². The van der Waals surface area contributed by atoms with Gasteiger partial charge in [0.25, 0.3) is 0 Å². The summed E-state index contributed by atoms with van der Waals surface area (Å²) >= 11 is 3.54. The van der Waals surface area contributed by atoms with Crippen molar-refractivity contribution in [3.05, 3.63) is 33.8 Å². The van der Waals surface area contributed by atoms with Crippen molar-refractivity contribution in [3.63, 3.8) is 0 Å². The molecule has 0 spiro atoms. The lowest BCUT2D eigenvalue weighted by molar-refractivity contribution is 0.451. The first-order valence-electron chi connectivity index (χ1n) is 6.50. The molecule has 2 rings (SSSR count). The average molecular weight is 297 g/mol. The van der Waals surface area contributed by atoms with Crippen LogP contribution in [-0.2, 0) is 12.8 Å². The smallest absolute Gasteiger partial charge is 0.0178 e. The quantitative estimate of drug-likeness (QED) is 0.820. The fraction of sp³-hybridized carbons (Fsp3) is 0.571. The van der Waals surface area contributed by atoms with Crippen molar-refractivity contribution in [1.82, 2.24) is 5.32 Å². The third kappa shape index (κ3) is 3.80. The summed E-state index contributed by atoms with van der Waals surface area (Å²) in [6, 6.07) is 7.32. The molecule has 17 heavy (non-hydrogen) atoms. The lowest BCUT2D eigenvalue weighted by Gasteiger charge is -2.25. The van der Waals surface area contributed by atoms with Crippen LogP contribution in [0.3, 0.4) is 0 Å². The Kier molecular flexibility index (Phi) is 5.01. The van der Waals surface area contributed by atoms with Crippen LogP contribution in [0.5, 0.6) is 0 Å². The Morgan fingerprint density at radius 3 is 3.00 bits per heavy atom. The Labute approximate surface area is 112 Å². The number of aryl methyl sites for hydroxylation is 1. The van der Waals surface area contributed by atoms with Gasteiger partial charge in [-0.2, -0.15) is 0 Å². The van der Waals surface area contributed by atoms with Gasteiger partial charge in [-0.25, -0.2) is 0 Å². The highest BCUT2D eigenvalue weighted by atomic mass is 79.9. The molecule has 1 aromatic rings. The third-order valence-electron chi connectivity index (χ3n) is 3.46. The Balaban J connectivity index is 1.84. The van der Waals surface area contributed by atoms with E-state index in [0.29, 0.717) is 6.04 Å². The van der Waals surface area contributed by atoms with E-state index in [-0.39, 0.29) is 0 Å². The SMILES string of the molecule is NCCCCNC1CCc2cc(Br)ccc2C1. The Hall–Kier alpha value is -0.380. The molecule has 0 aromatic heterocycles. The molecule has 1 aliphatic rings. The summed E-state index contributed by atoms with van der Waals surface area (Å²) in [5.41, 5.74) is 8.52. The summed E-state index contributed by atoms with van der Waals surface area (Å²) in [5, 5.41) is 3.64. The van der Waals surface area contributed by atoms with E-state index < -0.39 is 0 Å². The Morgan fingerprint density at radius 1 is 1.29 bits per heavy atom. The van der Waals surface area contributed by atoms with E-state index >= 15 is 0 Å². The highest BCUT2D eigenvalue weighted by molar-refractivity contribution is 9.10. The van der Waals surface area contributed by atoms with Crippen LogP contribution in [0.4, 0.5) is 0 Å². The predicted octanol–water partition coefficient (Wildman–Crippen LogP) is 2.63. The Morgan fingerprint density at radius 2 is 2.18 bits per heavy atom. The zero-order valence-electron chi connectivity index (χ0n) is 10.2. The first kappa shape index (κ1) is 13.1. The lowest BCUT2D eigenvalue weighted by atomic mass is 9.88. The second-order valence-corrected chi connectivity index (χ2v) is 5.72. The molecule has 0 amide bonds. The monoisotopic (exact) mass is 296 g/mol. The minimum Gasteiger partial charge on any atom is -0.330 e. The van der Waals surface area contributed by atoms with Gasteiger partial charge >= 0.3 is 0 Å². The molecule has 2 nitrogen and oxygen atoms in total. The van der Waals surface area contributed by atoms with Crippen LogP contribution in [0.15, 0.2) is 22.7 Å². The van der Waals surface area contributed by atoms with Gasteiger partial charge in [-0.15, -0.1) is 0 Å². The fourth-order valence-corrected chi connectivity index (χ4v) is 2.88. The van der Waals surface area contributed by atoms with Crippen LogP contribution >= 0.6 is 15.9 Å². The minimum absolute atomic E-state index is 0.654. The van der Waals surface area contributed by atoms with Crippen LogP contribution in [0.1, 0.15) is 30.4 Å². The van der Waals surface area contributed by atoms with E-state index in [4.69, 9.17) is 5.73 Å². The standard InChI is InChI=1S/C14H21BrN2/c15-13-5-3-12-10-14(6-4-11(12)9-13)17-8-2-1-7-16/h3,5,9,14,17H,1-2,4,6-8,10,16H2. The highest BCUT2D eigenvalue weighted by Crippen LogP contribution is 2.24. The molecular formula is C14H21BrN2. The molecule has 3 heteroatoms. The molecule has 0 bridgehead atoms. The van der Waals surface area contributed by atoms with Gasteiger partial charge in [0.1, 0.15) is 0 Å². The normalized spacial score (nSPS) is 19.1. The molecule has 0 radical (unpaired) electrons. The molecule has 0 aliphatic heterocycles. The van der Waals surface area contributed by atoms with E-state index in [1.165, 1.54) is 41.3 Å². The minimum atomic E-state index is 0.654. The van der Waals surface area contributed by atoms with Crippen molar-refractivity contribution < 1.29 is 0 Å². The molecular weight excluding hydrogens is 276 g/mol. The van der Waals surface area contributed by atoms with Gasteiger partial charge in [0.2, 0.25) is 0 Å². The van der Waals surface area contributed by atoms with Crippen molar-refractivity contribution in [2.24, 2.45) is 5.73 Å². The lowest BCUT2D eigenvalue weighted by Crippen LogP contribution is -2.35. The molecule has 0 heterocycles. The van der Waals surface area contributed by atoms with Crippen LogP contribution in [-0.4, -0.2) is 19.1 Å². The number of nitrogens with one attached hydrogen (secondary N) is 1. The average Bonchev–Trinajstić information content (AvgIpc) is 2.35. The van der Waals surface area contributed by atoms with Crippen LogP contribution in [0.25, 0.3) is 0 Å². The first-order chi connectivity index (χ1) is 8.29. The molecule has 0 saturated heterocycles. The third-order valence-corrected chi connectivity index (χ3v) is 3.95. The Bertz CT molecular complexity index is 365. The largest absolute Gasteiger partial charge is 0.330 e. The van der Waals surface area contributed by atoms with Crippen molar-refractivity contribution in [2.45, 2.75) is 38.1 Å². The highest BCUT2D eigenvalue weighted by Gasteiger charge is 2.17. The van der Waals surface area contributed by atoms with Crippen molar-refractivity contribution >= 4 is 15.9 Å². The van der Waals surface area contributed by atoms with Gasteiger partial charge in [-0.1, -0.05) is 22.0 Å². The summed E-state index contributed by atoms with van der Waals surface area (Å²) in [6.07, 6.45) is 5.95. The van der Waals surface area contributed by atoms with E-state index in [0.717, 1.165) is 19.5 Å². The maximum absolute atomic E-state index is 5.49. The van der Waals surface area contributed by atoms with E-state index in [9.17, 15) is 0 Å². The number of unbranched alkanes of at least 4 members (excludes halogenated alkanes) is 1. The number of hydrogen-bond acceptors (Lipinski definition) is 2. The van der Waals surface area contributed by atoms with Crippen LogP contribution in [0.2, 0.25) is 0 Å². The summed E-state index contributed by atoms with van der Waals surface area (Å²) < 4.78 is 1.20. The zero-order valence-corrected chi connectivity index (χ0v) is 11.8.